The van der Waals surface area contributed by atoms with Crippen LogP contribution in [0.1, 0.15) is 12.0 Å². The molecule has 0 spiro atoms. The summed E-state index contributed by atoms with van der Waals surface area (Å²) in [4.78, 5) is 37.6. The van der Waals surface area contributed by atoms with Crippen LogP contribution in [0.4, 0.5) is 10.1 Å². The van der Waals surface area contributed by atoms with Crippen LogP contribution in [0.25, 0.3) is 0 Å². The van der Waals surface area contributed by atoms with Crippen LogP contribution < -0.4 is 14.8 Å². The molecule has 1 saturated carbocycles. The van der Waals surface area contributed by atoms with E-state index in [0.29, 0.717) is 22.7 Å². The van der Waals surface area contributed by atoms with Crippen molar-refractivity contribution in [3.63, 3.8) is 0 Å². The summed E-state index contributed by atoms with van der Waals surface area (Å²) in [5.74, 6) is -1.10. The molecule has 3 amide bonds. The van der Waals surface area contributed by atoms with Crippen molar-refractivity contribution in [1.29, 1.82) is 0 Å². The standard InChI is InChI=1S/C25H22FN3O5/c1-33-20-9-14(5-8-19(20)34-13-21(30)28-18-4-2-3-17(26)11-18)12-27-29-24(31)22-15-6-7-16(10-15)23(22)25(29)32/h2-9,11-12,15-16,22-23H,10,13H2,1H3,(H,28,30). The van der Waals surface area contributed by atoms with E-state index in [2.05, 4.69) is 10.4 Å². The maximum absolute atomic E-state index is 13.3. The third kappa shape index (κ3) is 3.93. The van der Waals surface area contributed by atoms with Crippen LogP contribution in [-0.4, -0.2) is 42.7 Å². The Morgan fingerprint density at radius 3 is 2.53 bits per heavy atom. The molecule has 1 N–H and O–H groups in total. The van der Waals surface area contributed by atoms with Gasteiger partial charge in [-0.3, -0.25) is 14.4 Å². The number of carbonyl (C=O) groups excluding carboxylic acids is 3. The molecule has 1 aliphatic heterocycles. The maximum atomic E-state index is 13.3. The molecule has 34 heavy (non-hydrogen) atoms. The summed E-state index contributed by atoms with van der Waals surface area (Å²) in [5.41, 5.74) is 0.915. The van der Waals surface area contributed by atoms with Gasteiger partial charge in [-0.2, -0.15) is 10.1 Å². The van der Waals surface area contributed by atoms with Gasteiger partial charge in [0.05, 0.1) is 25.2 Å². The first-order valence-electron chi connectivity index (χ1n) is 10.9. The molecule has 4 atom stereocenters. The first kappa shape index (κ1) is 21.8. The number of benzene rings is 2. The van der Waals surface area contributed by atoms with E-state index in [9.17, 15) is 18.8 Å². The summed E-state index contributed by atoms with van der Waals surface area (Å²) in [6.45, 7) is -0.309. The molecule has 2 bridgehead atoms. The Hall–Kier alpha value is -4.01. The van der Waals surface area contributed by atoms with E-state index in [1.807, 2.05) is 12.2 Å². The van der Waals surface area contributed by atoms with Gasteiger partial charge in [-0.15, -0.1) is 0 Å². The van der Waals surface area contributed by atoms with Crippen LogP contribution in [0.2, 0.25) is 0 Å². The van der Waals surface area contributed by atoms with Gasteiger partial charge in [0.25, 0.3) is 17.7 Å². The van der Waals surface area contributed by atoms with Crippen molar-refractivity contribution in [1.82, 2.24) is 5.01 Å². The first-order chi connectivity index (χ1) is 16.4. The highest BCUT2D eigenvalue weighted by atomic mass is 19.1. The molecule has 1 saturated heterocycles. The van der Waals surface area contributed by atoms with E-state index >= 15 is 0 Å². The zero-order chi connectivity index (χ0) is 23.8. The summed E-state index contributed by atoms with van der Waals surface area (Å²) in [6, 6.07) is 10.4. The van der Waals surface area contributed by atoms with E-state index in [1.54, 1.807) is 24.3 Å². The molecule has 0 radical (unpaired) electrons. The fourth-order valence-corrected chi connectivity index (χ4v) is 4.92. The van der Waals surface area contributed by atoms with Crippen LogP contribution in [0.3, 0.4) is 0 Å². The minimum Gasteiger partial charge on any atom is -0.493 e. The van der Waals surface area contributed by atoms with Crippen LogP contribution >= 0.6 is 0 Å². The fraction of sp³-hybridized carbons (Fsp3) is 0.280. The number of rotatable bonds is 7. The van der Waals surface area contributed by atoms with Crippen molar-refractivity contribution >= 4 is 29.6 Å². The highest BCUT2D eigenvalue weighted by Gasteiger charge is 2.59. The molecule has 1 heterocycles. The molecular formula is C25H22FN3O5. The number of hydrogen-bond donors (Lipinski definition) is 1. The Balaban J connectivity index is 1.22. The predicted molar refractivity (Wildman–Crippen MR) is 121 cm³/mol. The second kappa shape index (κ2) is 8.74. The second-order valence-electron chi connectivity index (χ2n) is 8.49. The predicted octanol–water partition coefficient (Wildman–Crippen LogP) is 2.99. The molecule has 3 aliphatic rings. The molecule has 4 unspecified atom stereocenters. The van der Waals surface area contributed by atoms with Crippen molar-refractivity contribution in [2.75, 3.05) is 19.0 Å². The van der Waals surface area contributed by atoms with Gasteiger partial charge < -0.3 is 14.8 Å². The Bertz CT molecular complexity index is 1200. The minimum absolute atomic E-state index is 0.126. The monoisotopic (exact) mass is 463 g/mol. The van der Waals surface area contributed by atoms with Crippen LogP contribution in [0.15, 0.2) is 59.7 Å². The lowest BCUT2D eigenvalue weighted by molar-refractivity contribution is -0.140. The van der Waals surface area contributed by atoms with Crippen molar-refractivity contribution in [3.8, 4) is 11.5 Å². The zero-order valence-electron chi connectivity index (χ0n) is 18.3. The van der Waals surface area contributed by atoms with Gasteiger partial charge >= 0.3 is 0 Å². The number of ether oxygens (including phenoxy) is 2. The summed E-state index contributed by atoms with van der Waals surface area (Å²) in [5, 5.41) is 7.69. The topological polar surface area (TPSA) is 97.3 Å². The van der Waals surface area contributed by atoms with E-state index in [4.69, 9.17) is 9.47 Å². The number of carbonyl (C=O) groups is 3. The second-order valence-corrected chi connectivity index (χ2v) is 8.49. The lowest BCUT2D eigenvalue weighted by Gasteiger charge is -2.13. The number of nitrogens with zero attached hydrogens (tertiary/aromatic N) is 2. The van der Waals surface area contributed by atoms with Gasteiger partial charge in [-0.1, -0.05) is 18.2 Å². The van der Waals surface area contributed by atoms with Gasteiger partial charge in [-0.25, -0.2) is 4.39 Å². The maximum Gasteiger partial charge on any atom is 0.262 e. The lowest BCUT2D eigenvalue weighted by atomic mass is 9.85. The lowest BCUT2D eigenvalue weighted by Crippen LogP contribution is -2.28. The Morgan fingerprint density at radius 2 is 1.85 bits per heavy atom. The van der Waals surface area contributed by atoms with E-state index < -0.39 is 11.7 Å². The number of nitrogens with one attached hydrogen (secondary N) is 1. The molecule has 2 aromatic rings. The summed E-state index contributed by atoms with van der Waals surface area (Å²) < 4.78 is 24.1. The smallest absolute Gasteiger partial charge is 0.262 e. The van der Waals surface area contributed by atoms with Gasteiger partial charge in [0, 0.05) is 5.69 Å². The van der Waals surface area contributed by atoms with Gasteiger partial charge in [0.15, 0.2) is 18.1 Å². The highest BCUT2D eigenvalue weighted by Crippen LogP contribution is 2.52. The third-order valence-corrected chi connectivity index (χ3v) is 6.42. The fourth-order valence-electron chi connectivity index (χ4n) is 4.92. The molecule has 8 nitrogen and oxygen atoms in total. The number of hydrazone groups is 1. The SMILES string of the molecule is COc1cc(C=NN2C(=O)C3C4C=CC(C4)C3C2=O)ccc1OCC(=O)Nc1cccc(F)c1. The number of fused-ring (bicyclic) bond motifs is 5. The number of halogens is 1. The van der Waals surface area contributed by atoms with Crippen molar-refractivity contribution < 1.29 is 28.2 Å². The zero-order valence-corrected chi connectivity index (χ0v) is 18.3. The quantitative estimate of drug-likeness (QED) is 0.387. The normalized spacial score (nSPS) is 24.7. The van der Waals surface area contributed by atoms with Gasteiger partial charge in [0.1, 0.15) is 5.82 Å². The molecule has 9 heteroatoms. The summed E-state index contributed by atoms with van der Waals surface area (Å²) in [7, 11) is 1.45. The average Bonchev–Trinajstić information content (AvgIpc) is 3.51. The van der Waals surface area contributed by atoms with Gasteiger partial charge in [0.2, 0.25) is 0 Å². The largest absolute Gasteiger partial charge is 0.493 e. The molecule has 0 aromatic heterocycles. The van der Waals surface area contributed by atoms with Crippen LogP contribution in [0.5, 0.6) is 11.5 Å². The number of anilines is 1. The van der Waals surface area contributed by atoms with Crippen LogP contribution in [-0.2, 0) is 14.4 Å². The molecule has 2 fully saturated rings. The molecule has 174 valence electrons. The molecular weight excluding hydrogens is 441 g/mol. The Kier molecular flexibility index (Phi) is 5.61. The van der Waals surface area contributed by atoms with E-state index in [0.717, 1.165) is 11.4 Å². The van der Waals surface area contributed by atoms with Crippen molar-refractivity contribution in [2.24, 2.45) is 28.8 Å². The number of amides is 3. The molecule has 2 aromatic carbocycles. The van der Waals surface area contributed by atoms with E-state index in [-0.39, 0.29) is 42.1 Å². The number of methoxy groups -OCH3 is 1. The third-order valence-electron chi connectivity index (χ3n) is 6.42. The minimum atomic E-state index is -0.460. The van der Waals surface area contributed by atoms with Crippen LogP contribution in [0, 0.1) is 29.5 Å². The van der Waals surface area contributed by atoms with E-state index in [1.165, 1.54) is 31.5 Å². The Morgan fingerprint density at radius 1 is 1.12 bits per heavy atom. The van der Waals surface area contributed by atoms with Crippen molar-refractivity contribution in [2.45, 2.75) is 6.42 Å². The average molecular weight is 463 g/mol. The number of hydrogen-bond acceptors (Lipinski definition) is 6. The first-order valence-corrected chi connectivity index (χ1v) is 10.9. The van der Waals surface area contributed by atoms with Gasteiger partial charge in [-0.05, 0) is 60.2 Å². The van der Waals surface area contributed by atoms with Crippen molar-refractivity contribution in [3.05, 3.63) is 66.0 Å². The Labute approximate surface area is 195 Å². The number of imide groups is 1. The summed E-state index contributed by atoms with van der Waals surface area (Å²) in [6.07, 6.45) is 6.36. The molecule has 2 aliphatic carbocycles. The highest BCUT2D eigenvalue weighted by molar-refractivity contribution is 6.06. The number of allylic oxidation sites excluding steroid dienone is 2. The summed E-state index contributed by atoms with van der Waals surface area (Å²) >= 11 is 0. The molecule has 5 rings (SSSR count).